The number of aromatic nitrogens is 1. The number of ether oxygens (including phenoxy) is 1. The van der Waals surface area contributed by atoms with E-state index in [1.807, 2.05) is 11.8 Å². The molecular formula is C19H23N3O4S. The Bertz CT molecular complexity index is 913. The third kappa shape index (κ3) is 4.57. The number of sulfone groups is 1. The average molecular weight is 389 g/mol. The van der Waals surface area contributed by atoms with Crippen molar-refractivity contribution in [1.82, 2.24) is 4.98 Å². The average Bonchev–Trinajstić information content (AvgIpc) is 3.02. The number of carbonyl (C=O) groups is 1. The zero-order valence-corrected chi connectivity index (χ0v) is 16.2. The molecule has 2 heterocycles. The maximum Gasteiger partial charge on any atom is 0.257 e. The molecule has 1 atom stereocenters. The Kier molecular flexibility index (Phi) is 5.65. The lowest BCUT2D eigenvalue weighted by Crippen LogP contribution is -2.36. The maximum absolute atomic E-state index is 12.6. The second-order valence-corrected chi connectivity index (χ2v) is 8.69. The normalized spacial score (nSPS) is 18.1. The van der Waals surface area contributed by atoms with Gasteiger partial charge in [-0.1, -0.05) is 0 Å². The summed E-state index contributed by atoms with van der Waals surface area (Å²) in [5, 5.41) is 2.83. The van der Waals surface area contributed by atoms with E-state index in [9.17, 15) is 13.2 Å². The third-order valence-electron chi connectivity index (χ3n) is 4.66. The number of hydrogen-bond donors (Lipinski definition) is 1. The van der Waals surface area contributed by atoms with Crippen molar-refractivity contribution >= 4 is 27.1 Å². The van der Waals surface area contributed by atoms with E-state index in [1.54, 1.807) is 43.6 Å². The van der Waals surface area contributed by atoms with Crippen LogP contribution < -0.4 is 15.0 Å². The van der Waals surface area contributed by atoms with Crippen LogP contribution in [0.5, 0.6) is 5.75 Å². The first-order chi connectivity index (χ1) is 12.9. The number of nitrogens with one attached hydrogen (secondary N) is 1. The highest BCUT2D eigenvalue weighted by Crippen LogP contribution is 2.25. The smallest absolute Gasteiger partial charge is 0.257 e. The van der Waals surface area contributed by atoms with Crippen LogP contribution in [-0.4, -0.2) is 50.5 Å². The lowest BCUT2D eigenvalue weighted by atomic mass is 10.1. The van der Waals surface area contributed by atoms with Gasteiger partial charge < -0.3 is 15.0 Å². The minimum atomic E-state index is -2.98. The van der Waals surface area contributed by atoms with E-state index in [-0.39, 0.29) is 23.5 Å². The quantitative estimate of drug-likeness (QED) is 0.816. The molecule has 0 saturated carbocycles. The maximum atomic E-state index is 12.6. The molecule has 1 aromatic heterocycles. The summed E-state index contributed by atoms with van der Waals surface area (Å²) in [6.07, 6.45) is 3.76. The first-order valence-corrected chi connectivity index (χ1v) is 10.6. The molecule has 0 spiro atoms. The number of rotatable bonds is 6. The van der Waals surface area contributed by atoms with Gasteiger partial charge in [-0.15, -0.1) is 0 Å². The molecule has 8 heteroatoms. The van der Waals surface area contributed by atoms with Crippen LogP contribution in [0, 0.1) is 0 Å². The zero-order chi connectivity index (χ0) is 19.4. The predicted octanol–water partition coefficient (Wildman–Crippen LogP) is 2.36. The number of benzene rings is 1. The Morgan fingerprint density at radius 1 is 1.30 bits per heavy atom. The van der Waals surface area contributed by atoms with Crippen molar-refractivity contribution in [3.63, 3.8) is 0 Å². The number of carbonyl (C=O) groups excluding carboxylic acids is 1. The van der Waals surface area contributed by atoms with Crippen LogP contribution in [-0.2, 0) is 9.84 Å². The predicted molar refractivity (Wildman–Crippen MR) is 105 cm³/mol. The summed E-state index contributed by atoms with van der Waals surface area (Å²) in [7, 11) is -1.40. The summed E-state index contributed by atoms with van der Waals surface area (Å²) in [5.41, 5.74) is 1.82. The lowest BCUT2D eigenvalue weighted by Gasteiger charge is -2.29. The van der Waals surface area contributed by atoms with Gasteiger partial charge in [-0.05, 0) is 43.7 Å². The lowest BCUT2D eigenvalue weighted by molar-refractivity contribution is 0.102. The highest BCUT2D eigenvalue weighted by Gasteiger charge is 2.32. The number of pyridine rings is 1. The molecule has 1 saturated heterocycles. The molecule has 1 aliphatic rings. The monoisotopic (exact) mass is 389 g/mol. The topological polar surface area (TPSA) is 88.6 Å². The fourth-order valence-electron chi connectivity index (χ4n) is 3.26. The number of hydrogen-bond acceptors (Lipinski definition) is 6. The minimum Gasteiger partial charge on any atom is -0.497 e. The second-order valence-electron chi connectivity index (χ2n) is 6.46. The molecule has 1 N–H and O–H groups in total. The Morgan fingerprint density at radius 3 is 2.63 bits per heavy atom. The van der Waals surface area contributed by atoms with Gasteiger partial charge in [0.15, 0.2) is 9.84 Å². The molecule has 0 bridgehead atoms. The van der Waals surface area contributed by atoms with Gasteiger partial charge in [0.05, 0.1) is 36.1 Å². The molecule has 27 heavy (non-hydrogen) atoms. The van der Waals surface area contributed by atoms with Gasteiger partial charge in [-0.2, -0.15) is 0 Å². The van der Waals surface area contributed by atoms with Crippen molar-refractivity contribution in [3.05, 3.63) is 48.3 Å². The summed E-state index contributed by atoms with van der Waals surface area (Å²) in [4.78, 5) is 18.7. The Labute approximate surface area is 159 Å². The molecule has 0 aliphatic carbocycles. The second kappa shape index (κ2) is 7.96. The van der Waals surface area contributed by atoms with Gasteiger partial charge >= 0.3 is 0 Å². The zero-order valence-electron chi connectivity index (χ0n) is 15.4. The van der Waals surface area contributed by atoms with E-state index >= 15 is 0 Å². The highest BCUT2D eigenvalue weighted by molar-refractivity contribution is 7.91. The largest absolute Gasteiger partial charge is 0.497 e. The molecule has 1 amide bonds. The Morgan fingerprint density at radius 2 is 2.04 bits per heavy atom. The highest BCUT2D eigenvalue weighted by atomic mass is 32.2. The summed E-state index contributed by atoms with van der Waals surface area (Å²) in [6.45, 7) is 2.61. The van der Waals surface area contributed by atoms with Gasteiger partial charge in [-0.3, -0.25) is 9.78 Å². The fraction of sp³-hybridized carbons (Fsp3) is 0.368. The van der Waals surface area contributed by atoms with Crippen LogP contribution >= 0.6 is 0 Å². The van der Waals surface area contributed by atoms with Crippen molar-refractivity contribution in [2.75, 3.05) is 35.4 Å². The summed E-state index contributed by atoms with van der Waals surface area (Å²) < 4.78 is 28.7. The van der Waals surface area contributed by atoms with Crippen molar-refractivity contribution in [2.24, 2.45) is 0 Å². The first-order valence-electron chi connectivity index (χ1n) is 8.79. The molecule has 1 unspecified atom stereocenters. The van der Waals surface area contributed by atoms with Crippen LogP contribution in [0.3, 0.4) is 0 Å². The summed E-state index contributed by atoms with van der Waals surface area (Å²) >= 11 is 0. The Hall–Kier alpha value is -2.61. The molecule has 2 aromatic rings. The molecule has 7 nitrogen and oxygen atoms in total. The van der Waals surface area contributed by atoms with Crippen molar-refractivity contribution in [1.29, 1.82) is 0 Å². The molecule has 1 fully saturated rings. The van der Waals surface area contributed by atoms with Gasteiger partial charge in [0.2, 0.25) is 0 Å². The van der Waals surface area contributed by atoms with Crippen LogP contribution in [0.4, 0.5) is 11.4 Å². The third-order valence-corrected chi connectivity index (χ3v) is 6.41. The van der Waals surface area contributed by atoms with E-state index in [0.29, 0.717) is 30.0 Å². The van der Waals surface area contributed by atoms with E-state index in [2.05, 4.69) is 10.3 Å². The molecule has 144 valence electrons. The van der Waals surface area contributed by atoms with E-state index in [0.717, 1.165) is 5.69 Å². The SMILES string of the molecule is CCN(c1cncc(C(=O)Nc2ccc(OC)cc2)c1)C1CCS(=O)(=O)C1. The molecule has 0 radical (unpaired) electrons. The minimum absolute atomic E-state index is 0.0818. The molecule has 3 rings (SSSR count). The van der Waals surface area contributed by atoms with Crippen LogP contribution in [0.1, 0.15) is 23.7 Å². The number of nitrogens with zero attached hydrogens (tertiary/aromatic N) is 2. The van der Waals surface area contributed by atoms with Gasteiger partial charge in [0.25, 0.3) is 5.91 Å². The molecule has 1 aliphatic heterocycles. The van der Waals surface area contributed by atoms with Gasteiger partial charge in [0.1, 0.15) is 5.75 Å². The van der Waals surface area contributed by atoms with Gasteiger partial charge in [0, 0.05) is 24.5 Å². The summed E-state index contributed by atoms with van der Waals surface area (Å²) in [5.74, 6) is 0.786. The van der Waals surface area contributed by atoms with Crippen molar-refractivity contribution in [2.45, 2.75) is 19.4 Å². The molecular weight excluding hydrogens is 366 g/mol. The standard InChI is InChI=1S/C19H23N3O4S/c1-3-22(16-8-9-27(24,25)13-16)17-10-14(11-20-12-17)19(23)21-15-4-6-18(26-2)7-5-15/h4-7,10-12,16H,3,8-9,13H2,1-2H3,(H,21,23). The molecule has 1 aromatic carbocycles. The van der Waals surface area contributed by atoms with Crippen LogP contribution in [0.25, 0.3) is 0 Å². The van der Waals surface area contributed by atoms with Crippen molar-refractivity contribution < 1.29 is 17.9 Å². The van der Waals surface area contributed by atoms with E-state index in [1.165, 1.54) is 6.20 Å². The fourth-order valence-corrected chi connectivity index (χ4v) is 4.99. The van der Waals surface area contributed by atoms with Gasteiger partial charge in [-0.25, -0.2) is 8.42 Å². The number of methoxy groups -OCH3 is 1. The van der Waals surface area contributed by atoms with E-state index < -0.39 is 9.84 Å². The van der Waals surface area contributed by atoms with E-state index in [4.69, 9.17) is 4.74 Å². The first kappa shape index (κ1) is 19.2. The van der Waals surface area contributed by atoms with Crippen molar-refractivity contribution in [3.8, 4) is 5.75 Å². The summed E-state index contributed by atoms with van der Waals surface area (Å²) in [6, 6.07) is 8.72. The Balaban J connectivity index is 1.76. The number of anilines is 2. The van der Waals surface area contributed by atoms with Crippen LogP contribution in [0.15, 0.2) is 42.7 Å². The number of amides is 1. The van der Waals surface area contributed by atoms with Crippen LogP contribution in [0.2, 0.25) is 0 Å².